The summed E-state index contributed by atoms with van der Waals surface area (Å²) >= 11 is 9.30. The number of ether oxygens (including phenoxy) is 1. The fraction of sp³-hybridized carbons (Fsp3) is 0.273. The molecule has 0 aliphatic carbocycles. The normalized spacial score (nSPS) is 25.8. The van der Waals surface area contributed by atoms with Crippen LogP contribution in [-0.4, -0.2) is 4.51 Å². The molecule has 0 amide bonds. The molecule has 0 aromatic heterocycles. The van der Waals surface area contributed by atoms with Crippen LogP contribution in [0.2, 0.25) is 5.02 Å². The van der Waals surface area contributed by atoms with Crippen molar-refractivity contribution in [1.82, 2.24) is 0 Å². The van der Waals surface area contributed by atoms with E-state index in [2.05, 4.69) is 22.0 Å². The third-order valence-corrected chi connectivity index (χ3v) is 2.84. The van der Waals surface area contributed by atoms with E-state index < -0.39 is 0 Å². The molecular formula is C11H10BrClO. The Morgan fingerprint density at radius 3 is 2.50 bits per heavy atom. The maximum Gasteiger partial charge on any atom is 0.164 e. The van der Waals surface area contributed by atoms with Gasteiger partial charge in [-0.05, 0) is 53.2 Å². The summed E-state index contributed by atoms with van der Waals surface area (Å²) in [5.74, 6) is 0.918. The maximum atomic E-state index is 5.80. The number of halogens is 2. The minimum absolute atomic E-state index is 0.248. The zero-order chi connectivity index (χ0) is 10.2. The number of hydrogen-bond donors (Lipinski definition) is 0. The van der Waals surface area contributed by atoms with Gasteiger partial charge in [0, 0.05) is 17.0 Å². The largest absolute Gasteiger partial charge is 0.476 e. The molecule has 1 aliphatic rings. The zero-order valence-corrected chi connectivity index (χ0v) is 10.1. The highest BCUT2D eigenvalue weighted by molar-refractivity contribution is 9.10. The fourth-order valence-electron chi connectivity index (χ4n) is 1.38. The van der Waals surface area contributed by atoms with Gasteiger partial charge in [-0.25, -0.2) is 0 Å². The average molecular weight is 274 g/mol. The van der Waals surface area contributed by atoms with E-state index in [-0.39, 0.29) is 4.51 Å². The van der Waals surface area contributed by atoms with Crippen molar-refractivity contribution >= 4 is 33.3 Å². The number of rotatable bonds is 1. The molecule has 1 aliphatic heterocycles. The Morgan fingerprint density at radius 1 is 1.36 bits per heavy atom. The zero-order valence-electron chi connectivity index (χ0n) is 7.76. The summed E-state index contributed by atoms with van der Waals surface area (Å²) in [6.45, 7) is 2.01. The van der Waals surface area contributed by atoms with Crippen molar-refractivity contribution in [1.29, 1.82) is 0 Å². The molecule has 0 N–H and O–H groups in total. The molecule has 0 bridgehead atoms. The molecule has 0 saturated carbocycles. The molecule has 3 heteroatoms. The third-order valence-electron chi connectivity index (χ3n) is 2.10. The average Bonchev–Trinajstić information content (AvgIpc) is 2.47. The Labute approximate surface area is 96.8 Å². The van der Waals surface area contributed by atoms with Gasteiger partial charge in [-0.1, -0.05) is 11.6 Å². The molecule has 0 spiro atoms. The lowest BCUT2D eigenvalue weighted by molar-refractivity contribution is 0.183. The van der Waals surface area contributed by atoms with Gasteiger partial charge in [-0.3, -0.25) is 0 Å². The predicted octanol–water partition coefficient (Wildman–Crippen LogP) is 4.21. The van der Waals surface area contributed by atoms with Gasteiger partial charge in [0.1, 0.15) is 5.76 Å². The van der Waals surface area contributed by atoms with Crippen molar-refractivity contribution in [3.8, 4) is 0 Å². The maximum absolute atomic E-state index is 5.80. The lowest BCUT2D eigenvalue weighted by Crippen LogP contribution is -2.12. The van der Waals surface area contributed by atoms with Crippen molar-refractivity contribution < 1.29 is 4.74 Å². The van der Waals surface area contributed by atoms with E-state index in [9.17, 15) is 0 Å². The van der Waals surface area contributed by atoms with Crippen LogP contribution in [0, 0.1) is 0 Å². The van der Waals surface area contributed by atoms with Crippen molar-refractivity contribution in [2.24, 2.45) is 0 Å². The molecule has 1 aromatic rings. The topological polar surface area (TPSA) is 9.23 Å². The van der Waals surface area contributed by atoms with E-state index >= 15 is 0 Å². The predicted molar refractivity (Wildman–Crippen MR) is 62.5 cm³/mol. The van der Waals surface area contributed by atoms with Gasteiger partial charge < -0.3 is 4.74 Å². The van der Waals surface area contributed by atoms with Gasteiger partial charge in [-0.2, -0.15) is 0 Å². The van der Waals surface area contributed by atoms with Crippen LogP contribution >= 0.6 is 27.5 Å². The summed E-state index contributed by atoms with van der Waals surface area (Å²) in [5, 5.41) is 0.744. The van der Waals surface area contributed by atoms with Crippen LogP contribution in [0.3, 0.4) is 0 Å². The first kappa shape index (κ1) is 10.1. The van der Waals surface area contributed by atoms with E-state index in [1.165, 1.54) is 0 Å². The lowest BCUT2D eigenvalue weighted by atomic mass is 10.2. The second-order valence-corrected chi connectivity index (χ2v) is 5.60. The molecule has 74 valence electrons. The standard InChI is InChI=1S/C11H10BrClO/c1-11(12)7-6-10(14-11)8-2-4-9(13)5-3-8/h2-6H,7H2,1H3. The van der Waals surface area contributed by atoms with E-state index in [1.54, 1.807) is 0 Å². The summed E-state index contributed by atoms with van der Waals surface area (Å²) in [7, 11) is 0. The summed E-state index contributed by atoms with van der Waals surface area (Å²) in [6.07, 6.45) is 2.96. The SMILES string of the molecule is CC1(Br)CC=C(c2ccc(Cl)cc2)O1. The van der Waals surface area contributed by atoms with Crippen LogP contribution in [0.15, 0.2) is 30.3 Å². The van der Waals surface area contributed by atoms with Crippen LogP contribution in [0.25, 0.3) is 5.76 Å². The van der Waals surface area contributed by atoms with E-state index in [1.807, 2.05) is 31.2 Å². The monoisotopic (exact) mass is 272 g/mol. The molecule has 0 saturated heterocycles. The Morgan fingerprint density at radius 2 is 2.00 bits per heavy atom. The Bertz CT molecular complexity index is 367. The minimum atomic E-state index is -0.248. The van der Waals surface area contributed by atoms with Crippen LogP contribution in [-0.2, 0) is 4.74 Å². The molecule has 2 rings (SSSR count). The molecule has 1 unspecified atom stereocenters. The minimum Gasteiger partial charge on any atom is -0.476 e. The van der Waals surface area contributed by atoms with Crippen LogP contribution in [0.4, 0.5) is 0 Å². The van der Waals surface area contributed by atoms with Crippen LogP contribution < -0.4 is 0 Å². The molecule has 1 aromatic carbocycles. The summed E-state index contributed by atoms with van der Waals surface area (Å²) in [5.41, 5.74) is 1.07. The summed E-state index contributed by atoms with van der Waals surface area (Å²) < 4.78 is 5.46. The second kappa shape index (κ2) is 3.59. The van der Waals surface area contributed by atoms with Crippen molar-refractivity contribution in [3.05, 3.63) is 40.9 Å². The first-order chi connectivity index (χ1) is 6.57. The first-order valence-corrected chi connectivity index (χ1v) is 5.58. The smallest absolute Gasteiger partial charge is 0.164 e. The van der Waals surface area contributed by atoms with E-state index in [0.29, 0.717) is 0 Å². The van der Waals surface area contributed by atoms with Gasteiger partial charge in [0.25, 0.3) is 0 Å². The number of hydrogen-bond acceptors (Lipinski definition) is 1. The highest BCUT2D eigenvalue weighted by Gasteiger charge is 2.28. The molecule has 1 nitrogen and oxygen atoms in total. The Kier molecular flexibility index (Phi) is 2.58. The van der Waals surface area contributed by atoms with Crippen LogP contribution in [0.5, 0.6) is 0 Å². The van der Waals surface area contributed by atoms with Gasteiger partial charge in [0.2, 0.25) is 0 Å². The number of alkyl halides is 1. The first-order valence-electron chi connectivity index (χ1n) is 4.41. The van der Waals surface area contributed by atoms with Crippen molar-refractivity contribution in [2.45, 2.75) is 17.9 Å². The van der Waals surface area contributed by atoms with Crippen molar-refractivity contribution in [3.63, 3.8) is 0 Å². The van der Waals surface area contributed by atoms with Crippen LogP contribution in [0.1, 0.15) is 18.9 Å². The molecule has 0 radical (unpaired) electrons. The Balaban J connectivity index is 2.22. The summed E-state index contributed by atoms with van der Waals surface area (Å²) in [6, 6.07) is 7.65. The highest BCUT2D eigenvalue weighted by atomic mass is 79.9. The molecule has 0 fully saturated rings. The highest BCUT2D eigenvalue weighted by Crippen LogP contribution is 2.37. The van der Waals surface area contributed by atoms with Gasteiger partial charge in [0.05, 0.1) is 0 Å². The lowest BCUT2D eigenvalue weighted by Gasteiger charge is -2.17. The number of benzene rings is 1. The third kappa shape index (κ3) is 2.12. The van der Waals surface area contributed by atoms with Gasteiger partial charge >= 0.3 is 0 Å². The van der Waals surface area contributed by atoms with Gasteiger partial charge in [-0.15, -0.1) is 0 Å². The van der Waals surface area contributed by atoms with E-state index in [4.69, 9.17) is 16.3 Å². The Hall–Kier alpha value is -0.470. The molecule has 14 heavy (non-hydrogen) atoms. The summed E-state index contributed by atoms with van der Waals surface area (Å²) in [4.78, 5) is 0. The molecular weight excluding hydrogens is 263 g/mol. The molecule has 1 heterocycles. The van der Waals surface area contributed by atoms with Crippen molar-refractivity contribution in [2.75, 3.05) is 0 Å². The van der Waals surface area contributed by atoms with Gasteiger partial charge in [0.15, 0.2) is 4.51 Å². The quantitative estimate of drug-likeness (QED) is 0.696. The molecule has 1 atom stereocenters. The van der Waals surface area contributed by atoms with E-state index in [0.717, 1.165) is 22.8 Å². The second-order valence-electron chi connectivity index (χ2n) is 3.48. The fourth-order valence-corrected chi connectivity index (χ4v) is 1.84.